The molecule has 0 aliphatic carbocycles. The molecule has 0 atom stereocenters. The largest absolute Gasteiger partial charge is 0.496 e. The van der Waals surface area contributed by atoms with E-state index in [0.717, 1.165) is 19.3 Å². The highest BCUT2D eigenvalue weighted by Crippen LogP contribution is 2.30. The zero-order valence-electron chi connectivity index (χ0n) is 17.0. The molecule has 1 N–H and O–H groups in total. The lowest BCUT2D eigenvalue weighted by Crippen LogP contribution is -2.35. The van der Waals surface area contributed by atoms with E-state index in [1.165, 1.54) is 30.7 Å². The maximum atomic E-state index is 13.0. The summed E-state index contributed by atoms with van der Waals surface area (Å²) in [6.07, 6.45) is 2.74. The molecule has 0 saturated carbocycles. The van der Waals surface area contributed by atoms with Crippen molar-refractivity contribution in [2.24, 2.45) is 0 Å². The molecule has 3 rings (SSSR count). The summed E-state index contributed by atoms with van der Waals surface area (Å²) >= 11 is 6.03. The quantitative estimate of drug-likeness (QED) is 0.692. The van der Waals surface area contributed by atoms with E-state index in [2.05, 4.69) is 5.32 Å². The minimum absolute atomic E-state index is 0.00991. The van der Waals surface area contributed by atoms with Gasteiger partial charge >= 0.3 is 0 Å². The van der Waals surface area contributed by atoms with E-state index in [1.54, 1.807) is 24.3 Å². The van der Waals surface area contributed by atoms with Crippen LogP contribution in [0.1, 0.15) is 24.8 Å². The van der Waals surface area contributed by atoms with Gasteiger partial charge in [0, 0.05) is 23.7 Å². The fourth-order valence-corrected chi connectivity index (χ4v) is 5.19. The number of anilines is 1. The van der Waals surface area contributed by atoms with E-state index in [1.807, 2.05) is 0 Å². The molecule has 0 aromatic heterocycles. The number of hydrogen-bond acceptors (Lipinski definition) is 5. The lowest BCUT2D eigenvalue weighted by Gasteiger charge is -2.26. The predicted octanol–water partition coefficient (Wildman–Crippen LogP) is 3.71. The first-order valence-electron chi connectivity index (χ1n) is 9.65. The van der Waals surface area contributed by atoms with Gasteiger partial charge in [-0.25, -0.2) is 8.42 Å². The number of rotatable bonds is 7. The van der Waals surface area contributed by atoms with Crippen molar-refractivity contribution in [3.63, 3.8) is 0 Å². The molecule has 0 unspecified atom stereocenters. The number of halogens is 1. The van der Waals surface area contributed by atoms with Gasteiger partial charge < -0.3 is 14.8 Å². The van der Waals surface area contributed by atoms with Crippen molar-refractivity contribution in [2.45, 2.75) is 30.6 Å². The van der Waals surface area contributed by atoms with Crippen LogP contribution in [0.15, 0.2) is 41.3 Å². The minimum Gasteiger partial charge on any atom is -0.496 e. The summed E-state index contributed by atoms with van der Waals surface area (Å²) in [5.41, 5.74) is 0.917. The number of nitrogens with one attached hydrogen (secondary N) is 1. The Morgan fingerprint density at radius 3 is 2.37 bits per heavy atom. The molecule has 0 bridgehead atoms. The molecule has 2 aromatic rings. The Hall–Kier alpha value is -2.29. The summed E-state index contributed by atoms with van der Waals surface area (Å²) in [5.74, 6) is 0.573. The molecule has 0 spiro atoms. The summed E-state index contributed by atoms with van der Waals surface area (Å²) < 4.78 is 38.0. The van der Waals surface area contributed by atoms with Gasteiger partial charge in [0.15, 0.2) is 0 Å². The van der Waals surface area contributed by atoms with Crippen LogP contribution in [-0.4, -0.2) is 45.9 Å². The SMILES string of the molecule is COc1ccc(Cl)cc1CC(=O)Nc1cc(S(=O)(=O)N2CCCCC2)ccc1OC. The highest BCUT2D eigenvalue weighted by atomic mass is 35.5. The summed E-state index contributed by atoms with van der Waals surface area (Å²) in [6, 6.07) is 9.52. The first-order valence-corrected chi connectivity index (χ1v) is 11.5. The van der Waals surface area contributed by atoms with Crippen molar-refractivity contribution >= 4 is 33.2 Å². The third-order valence-corrected chi connectivity index (χ3v) is 7.12. The minimum atomic E-state index is -3.63. The van der Waals surface area contributed by atoms with Gasteiger partial charge in [0.25, 0.3) is 0 Å². The van der Waals surface area contributed by atoms with Crippen molar-refractivity contribution in [2.75, 3.05) is 32.6 Å². The van der Waals surface area contributed by atoms with Gasteiger partial charge in [0.05, 0.1) is 31.2 Å². The van der Waals surface area contributed by atoms with Crippen LogP contribution in [0.2, 0.25) is 5.02 Å². The monoisotopic (exact) mass is 452 g/mol. The Labute approximate surface area is 182 Å². The van der Waals surface area contributed by atoms with Crippen LogP contribution in [0, 0.1) is 0 Å². The summed E-state index contributed by atoms with van der Waals surface area (Å²) in [5, 5.41) is 3.24. The highest BCUT2D eigenvalue weighted by molar-refractivity contribution is 7.89. The third-order valence-electron chi connectivity index (χ3n) is 4.99. The zero-order chi connectivity index (χ0) is 21.7. The summed E-state index contributed by atoms with van der Waals surface area (Å²) in [4.78, 5) is 12.8. The van der Waals surface area contributed by atoms with Gasteiger partial charge in [0.2, 0.25) is 15.9 Å². The molecule has 1 aliphatic heterocycles. The molecule has 9 heteroatoms. The number of carbonyl (C=O) groups excluding carboxylic acids is 1. The molecule has 1 fully saturated rings. The second-order valence-electron chi connectivity index (χ2n) is 7.01. The average molecular weight is 453 g/mol. The molecule has 7 nitrogen and oxygen atoms in total. The zero-order valence-corrected chi connectivity index (χ0v) is 18.6. The summed E-state index contributed by atoms with van der Waals surface area (Å²) in [7, 11) is -0.653. The Bertz CT molecular complexity index is 1020. The third kappa shape index (κ3) is 5.06. The van der Waals surface area contributed by atoms with E-state index in [0.29, 0.717) is 40.9 Å². The number of amides is 1. The Kier molecular flexibility index (Phi) is 7.23. The first kappa shape index (κ1) is 22.4. The Morgan fingerprint density at radius 2 is 1.70 bits per heavy atom. The van der Waals surface area contributed by atoms with Crippen LogP contribution < -0.4 is 14.8 Å². The second-order valence-corrected chi connectivity index (χ2v) is 9.38. The fraction of sp³-hybridized carbons (Fsp3) is 0.381. The van der Waals surface area contributed by atoms with Gasteiger partial charge in [0.1, 0.15) is 11.5 Å². The van der Waals surface area contributed by atoms with E-state index >= 15 is 0 Å². The number of benzene rings is 2. The highest BCUT2D eigenvalue weighted by Gasteiger charge is 2.27. The van der Waals surface area contributed by atoms with Crippen molar-refractivity contribution in [3.05, 3.63) is 47.0 Å². The normalized spacial score (nSPS) is 14.9. The van der Waals surface area contributed by atoms with E-state index < -0.39 is 10.0 Å². The number of methoxy groups -OCH3 is 2. The number of ether oxygens (including phenoxy) is 2. The van der Waals surface area contributed by atoms with Crippen LogP contribution in [0.5, 0.6) is 11.5 Å². The molecule has 30 heavy (non-hydrogen) atoms. The van der Waals surface area contributed by atoms with Gasteiger partial charge in [-0.1, -0.05) is 18.0 Å². The number of hydrogen-bond donors (Lipinski definition) is 1. The van der Waals surface area contributed by atoms with Gasteiger partial charge in [-0.3, -0.25) is 4.79 Å². The lowest BCUT2D eigenvalue weighted by molar-refractivity contribution is -0.115. The van der Waals surface area contributed by atoms with Crippen molar-refractivity contribution in [1.82, 2.24) is 4.31 Å². The smallest absolute Gasteiger partial charge is 0.243 e. The van der Waals surface area contributed by atoms with Crippen LogP contribution in [0.25, 0.3) is 0 Å². The molecule has 1 aliphatic rings. The van der Waals surface area contributed by atoms with E-state index in [9.17, 15) is 13.2 Å². The summed E-state index contributed by atoms with van der Waals surface area (Å²) in [6.45, 7) is 1.01. The lowest BCUT2D eigenvalue weighted by atomic mass is 10.1. The maximum Gasteiger partial charge on any atom is 0.243 e. The van der Waals surface area contributed by atoms with Crippen molar-refractivity contribution in [1.29, 1.82) is 0 Å². The molecule has 162 valence electrons. The van der Waals surface area contributed by atoms with Crippen LogP contribution in [0.4, 0.5) is 5.69 Å². The molecule has 1 saturated heterocycles. The molecule has 2 aromatic carbocycles. The van der Waals surface area contributed by atoms with Gasteiger partial charge in [-0.2, -0.15) is 4.31 Å². The maximum absolute atomic E-state index is 13.0. The fourth-order valence-electron chi connectivity index (χ4n) is 3.45. The van der Waals surface area contributed by atoms with Crippen LogP contribution >= 0.6 is 11.6 Å². The van der Waals surface area contributed by atoms with Gasteiger partial charge in [-0.15, -0.1) is 0 Å². The van der Waals surface area contributed by atoms with Crippen LogP contribution in [-0.2, 0) is 21.2 Å². The number of sulfonamides is 1. The van der Waals surface area contributed by atoms with Gasteiger partial charge in [-0.05, 0) is 49.2 Å². The van der Waals surface area contributed by atoms with Crippen molar-refractivity contribution < 1.29 is 22.7 Å². The average Bonchev–Trinajstić information content (AvgIpc) is 2.74. The van der Waals surface area contributed by atoms with Crippen LogP contribution in [0.3, 0.4) is 0 Å². The number of carbonyl (C=O) groups is 1. The Morgan fingerprint density at radius 1 is 1.03 bits per heavy atom. The topological polar surface area (TPSA) is 84.9 Å². The number of nitrogens with zero attached hydrogens (tertiary/aromatic N) is 1. The standard InChI is InChI=1S/C21H25ClN2O5S/c1-28-19-8-6-16(22)12-15(19)13-21(25)23-18-14-17(7-9-20(18)29-2)30(26,27)24-10-4-3-5-11-24/h6-9,12,14H,3-5,10-11,13H2,1-2H3,(H,23,25). The molecule has 1 heterocycles. The Balaban J connectivity index is 1.84. The molecular weight excluding hydrogens is 428 g/mol. The molecular formula is C21H25ClN2O5S. The molecule has 0 radical (unpaired) electrons. The van der Waals surface area contributed by atoms with Crippen molar-refractivity contribution in [3.8, 4) is 11.5 Å². The van der Waals surface area contributed by atoms with E-state index in [4.69, 9.17) is 21.1 Å². The van der Waals surface area contributed by atoms with E-state index in [-0.39, 0.29) is 17.2 Å². The second kappa shape index (κ2) is 9.68. The first-order chi connectivity index (χ1) is 14.3. The number of piperidine rings is 1. The predicted molar refractivity (Wildman–Crippen MR) is 116 cm³/mol. The molecule has 1 amide bonds.